The highest BCUT2D eigenvalue weighted by Gasteiger charge is 2.36. The Balaban J connectivity index is 1.79. The summed E-state index contributed by atoms with van der Waals surface area (Å²) in [4.78, 5) is 32.8. The predicted molar refractivity (Wildman–Crippen MR) is 114 cm³/mol. The van der Waals surface area contributed by atoms with Gasteiger partial charge in [-0.05, 0) is 37.5 Å². The predicted octanol–water partition coefficient (Wildman–Crippen LogP) is 4.02. The maximum atomic E-state index is 13.2. The van der Waals surface area contributed by atoms with Crippen LogP contribution in [0.5, 0.6) is 0 Å². The molecule has 6 heteroatoms. The highest BCUT2D eigenvalue weighted by Crippen LogP contribution is 2.36. The zero-order valence-electron chi connectivity index (χ0n) is 16.8. The first kappa shape index (κ1) is 19.2. The van der Waals surface area contributed by atoms with Crippen LogP contribution < -0.4 is 10.9 Å². The molecule has 0 radical (unpaired) electrons. The lowest BCUT2D eigenvalue weighted by Gasteiger charge is -2.34. The Hall–Kier alpha value is -3.15. The molecule has 0 aliphatic carbocycles. The Morgan fingerprint density at radius 2 is 1.93 bits per heavy atom. The lowest BCUT2D eigenvalue weighted by atomic mass is 10.0. The minimum Gasteiger partial charge on any atom is -0.338 e. The molecule has 3 aromatic rings. The van der Waals surface area contributed by atoms with Gasteiger partial charge in [0.05, 0.1) is 23.0 Å². The van der Waals surface area contributed by atoms with Crippen LogP contribution in [0.25, 0.3) is 10.9 Å². The van der Waals surface area contributed by atoms with Crippen molar-refractivity contribution in [2.45, 2.75) is 45.3 Å². The first-order chi connectivity index (χ1) is 14.1. The molecule has 0 bridgehead atoms. The topological polar surface area (TPSA) is 67.2 Å². The average molecular weight is 390 g/mol. The second-order valence-corrected chi connectivity index (χ2v) is 7.47. The molecule has 1 N–H and O–H groups in total. The van der Waals surface area contributed by atoms with Crippen molar-refractivity contribution in [1.82, 2.24) is 19.8 Å². The molecule has 2 amide bonds. The highest BCUT2D eigenvalue weighted by atomic mass is 16.2. The van der Waals surface area contributed by atoms with Crippen LogP contribution in [-0.2, 0) is 6.54 Å². The number of amides is 2. The standard InChI is InChI=1S/C23H26N4O2/c1-3-14-24-23(29)27(16(2)17-9-5-4-6-10-17)20-13-15-26-21(20)25-19-12-8-7-11-18(19)22(26)28/h4-12,16,20H,3,13-15H2,1-2H3,(H,24,29). The van der Waals surface area contributed by atoms with Gasteiger partial charge >= 0.3 is 6.03 Å². The largest absolute Gasteiger partial charge is 0.338 e. The number of benzene rings is 2. The van der Waals surface area contributed by atoms with Gasteiger partial charge in [0, 0.05) is 13.1 Å². The van der Waals surface area contributed by atoms with E-state index < -0.39 is 0 Å². The van der Waals surface area contributed by atoms with E-state index in [1.54, 1.807) is 4.57 Å². The molecule has 2 heterocycles. The molecule has 1 aromatic heterocycles. The van der Waals surface area contributed by atoms with Gasteiger partial charge in [0.1, 0.15) is 5.82 Å². The van der Waals surface area contributed by atoms with Crippen molar-refractivity contribution in [2.75, 3.05) is 6.54 Å². The van der Waals surface area contributed by atoms with Crippen LogP contribution in [-0.4, -0.2) is 27.0 Å². The molecule has 4 rings (SSSR count). The Morgan fingerprint density at radius 3 is 2.69 bits per heavy atom. The summed E-state index contributed by atoms with van der Waals surface area (Å²) in [5.41, 5.74) is 1.70. The van der Waals surface area contributed by atoms with Crippen LogP contribution >= 0.6 is 0 Å². The van der Waals surface area contributed by atoms with E-state index >= 15 is 0 Å². The minimum absolute atomic E-state index is 0.0330. The van der Waals surface area contributed by atoms with Gasteiger partial charge in [0.2, 0.25) is 0 Å². The fourth-order valence-electron chi connectivity index (χ4n) is 4.10. The summed E-state index contributed by atoms with van der Waals surface area (Å²) in [7, 11) is 0. The van der Waals surface area contributed by atoms with Crippen molar-refractivity contribution in [1.29, 1.82) is 0 Å². The molecule has 0 saturated carbocycles. The second-order valence-electron chi connectivity index (χ2n) is 7.47. The SMILES string of the molecule is CCCNC(=O)N(C(C)c1ccccc1)C1CCn2c1nc1ccccc1c2=O. The molecule has 2 unspecified atom stereocenters. The quantitative estimate of drug-likeness (QED) is 0.715. The Labute approximate surface area is 170 Å². The molecule has 150 valence electrons. The van der Waals surface area contributed by atoms with Crippen molar-refractivity contribution in [3.8, 4) is 0 Å². The van der Waals surface area contributed by atoms with E-state index in [1.165, 1.54) is 0 Å². The van der Waals surface area contributed by atoms with Crippen molar-refractivity contribution in [3.05, 3.63) is 76.3 Å². The molecular weight excluding hydrogens is 364 g/mol. The number of carbonyl (C=O) groups excluding carboxylic acids is 1. The van der Waals surface area contributed by atoms with Gasteiger partial charge in [0.25, 0.3) is 5.56 Å². The third-order valence-corrected chi connectivity index (χ3v) is 5.61. The van der Waals surface area contributed by atoms with Crippen molar-refractivity contribution >= 4 is 16.9 Å². The minimum atomic E-state index is -0.251. The zero-order valence-corrected chi connectivity index (χ0v) is 16.8. The van der Waals surface area contributed by atoms with Gasteiger partial charge in [-0.2, -0.15) is 0 Å². The van der Waals surface area contributed by atoms with Crippen molar-refractivity contribution in [2.24, 2.45) is 0 Å². The number of rotatable bonds is 5. The summed E-state index contributed by atoms with van der Waals surface area (Å²) in [6, 6.07) is 16.9. The zero-order chi connectivity index (χ0) is 20.4. The molecule has 1 aliphatic rings. The van der Waals surface area contributed by atoms with Gasteiger partial charge in [-0.3, -0.25) is 9.36 Å². The van der Waals surface area contributed by atoms with E-state index in [0.717, 1.165) is 12.0 Å². The summed E-state index contributed by atoms with van der Waals surface area (Å²) in [6.07, 6.45) is 1.54. The van der Waals surface area contributed by atoms with Gasteiger partial charge < -0.3 is 10.2 Å². The molecule has 0 fully saturated rings. The molecule has 0 spiro atoms. The Kier molecular flexibility index (Phi) is 5.34. The molecule has 0 saturated heterocycles. The van der Waals surface area contributed by atoms with Crippen LogP contribution in [0.4, 0.5) is 4.79 Å². The maximum absolute atomic E-state index is 13.2. The fourth-order valence-corrected chi connectivity index (χ4v) is 4.10. The highest BCUT2D eigenvalue weighted by molar-refractivity contribution is 5.78. The summed E-state index contributed by atoms with van der Waals surface area (Å²) >= 11 is 0. The summed E-state index contributed by atoms with van der Waals surface area (Å²) < 4.78 is 1.73. The van der Waals surface area contributed by atoms with Crippen LogP contribution in [0.3, 0.4) is 0 Å². The number of aromatic nitrogens is 2. The molecule has 6 nitrogen and oxygen atoms in total. The average Bonchev–Trinajstić information content (AvgIpc) is 3.17. The molecule has 2 aromatic carbocycles. The number of carbonyl (C=O) groups is 1. The summed E-state index contributed by atoms with van der Waals surface area (Å²) in [5.74, 6) is 0.670. The van der Waals surface area contributed by atoms with Crippen LogP contribution in [0, 0.1) is 0 Å². The van der Waals surface area contributed by atoms with E-state index in [9.17, 15) is 9.59 Å². The van der Waals surface area contributed by atoms with Gasteiger partial charge in [-0.15, -0.1) is 0 Å². The number of para-hydroxylation sites is 1. The van der Waals surface area contributed by atoms with Crippen LogP contribution in [0.1, 0.15) is 50.2 Å². The molecule has 2 atom stereocenters. The molecule has 29 heavy (non-hydrogen) atoms. The lowest BCUT2D eigenvalue weighted by Crippen LogP contribution is -2.44. The molecule has 1 aliphatic heterocycles. The number of hydrogen-bond acceptors (Lipinski definition) is 3. The third-order valence-electron chi connectivity index (χ3n) is 5.61. The summed E-state index contributed by atoms with van der Waals surface area (Å²) in [6.45, 7) is 5.24. The van der Waals surface area contributed by atoms with Crippen LogP contribution in [0.15, 0.2) is 59.4 Å². The van der Waals surface area contributed by atoms with Crippen molar-refractivity contribution < 1.29 is 4.79 Å². The maximum Gasteiger partial charge on any atom is 0.318 e. The Bertz CT molecular complexity index is 1080. The van der Waals surface area contributed by atoms with E-state index in [1.807, 2.05) is 73.3 Å². The third kappa shape index (κ3) is 3.50. The van der Waals surface area contributed by atoms with Gasteiger partial charge in [-0.25, -0.2) is 9.78 Å². The summed E-state index contributed by atoms with van der Waals surface area (Å²) in [5, 5.41) is 3.63. The first-order valence-electron chi connectivity index (χ1n) is 10.2. The van der Waals surface area contributed by atoms with E-state index in [-0.39, 0.29) is 23.7 Å². The van der Waals surface area contributed by atoms with Gasteiger partial charge in [0.15, 0.2) is 0 Å². The van der Waals surface area contributed by atoms with E-state index in [4.69, 9.17) is 4.98 Å². The second kappa shape index (κ2) is 8.07. The van der Waals surface area contributed by atoms with Crippen LogP contribution in [0.2, 0.25) is 0 Å². The first-order valence-corrected chi connectivity index (χ1v) is 10.2. The monoisotopic (exact) mass is 390 g/mol. The molecular formula is C23H26N4O2. The normalized spacial score (nSPS) is 16.4. The number of urea groups is 1. The van der Waals surface area contributed by atoms with E-state index in [0.29, 0.717) is 36.2 Å². The fraction of sp³-hybridized carbons (Fsp3) is 0.348. The smallest absolute Gasteiger partial charge is 0.318 e. The van der Waals surface area contributed by atoms with Gasteiger partial charge in [-0.1, -0.05) is 49.4 Å². The van der Waals surface area contributed by atoms with Crippen molar-refractivity contribution in [3.63, 3.8) is 0 Å². The number of fused-ring (bicyclic) bond motifs is 2. The number of hydrogen-bond donors (Lipinski definition) is 1. The number of nitrogens with one attached hydrogen (secondary N) is 1. The van der Waals surface area contributed by atoms with E-state index in [2.05, 4.69) is 5.32 Å². The Morgan fingerprint density at radius 1 is 1.21 bits per heavy atom. The lowest BCUT2D eigenvalue weighted by molar-refractivity contribution is 0.147. The number of nitrogens with zero attached hydrogens (tertiary/aromatic N) is 3.